The van der Waals surface area contributed by atoms with E-state index < -0.39 is 5.97 Å². The van der Waals surface area contributed by atoms with Gasteiger partial charge in [-0.2, -0.15) is 0 Å². The van der Waals surface area contributed by atoms with Crippen molar-refractivity contribution in [2.24, 2.45) is 0 Å². The molecule has 18 heavy (non-hydrogen) atoms. The second-order valence-corrected chi connectivity index (χ2v) is 3.67. The first-order valence-corrected chi connectivity index (χ1v) is 5.34. The molecule has 1 aromatic heterocycles. The van der Waals surface area contributed by atoms with E-state index in [1.807, 2.05) is 6.07 Å². The Kier molecular flexibility index (Phi) is 3.48. The fourth-order valence-corrected chi connectivity index (χ4v) is 1.58. The Balaban J connectivity index is 2.33. The Labute approximate surface area is 104 Å². The number of hydrogen-bond donors (Lipinski definition) is 0. The molecule has 0 atom stereocenters. The Hall–Kier alpha value is -2.49. The maximum Gasteiger partial charge on any atom is 0.356 e. The highest BCUT2D eigenvalue weighted by Gasteiger charge is 2.07. The molecule has 0 bridgehead atoms. The molecule has 0 aliphatic rings. The van der Waals surface area contributed by atoms with E-state index in [9.17, 15) is 9.59 Å². The molecule has 0 fully saturated rings. The molecule has 0 saturated heterocycles. The third-order valence-corrected chi connectivity index (χ3v) is 2.51. The molecular formula is C14H11NO3. The molecule has 0 N–H and O–H groups in total. The number of pyridine rings is 1. The number of aldehydes is 1. The number of ether oxygens (including phenoxy) is 1. The van der Waals surface area contributed by atoms with Gasteiger partial charge in [0.25, 0.3) is 0 Å². The van der Waals surface area contributed by atoms with Gasteiger partial charge in [0.1, 0.15) is 12.0 Å². The lowest BCUT2D eigenvalue weighted by molar-refractivity contribution is 0.0594. The van der Waals surface area contributed by atoms with E-state index in [0.717, 1.165) is 17.4 Å². The Morgan fingerprint density at radius 3 is 2.67 bits per heavy atom. The predicted octanol–water partition coefficient (Wildman–Crippen LogP) is 2.35. The van der Waals surface area contributed by atoms with E-state index in [-0.39, 0.29) is 5.69 Å². The molecule has 1 aromatic carbocycles. The van der Waals surface area contributed by atoms with Gasteiger partial charge in [-0.15, -0.1) is 0 Å². The number of esters is 1. The lowest BCUT2D eigenvalue weighted by atomic mass is 10.1. The Bertz CT molecular complexity index is 576. The minimum atomic E-state index is -0.469. The lowest BCUT2D eigenvalue weighted by Crippen LogP contribution is -2.03. The van der Waals surface area contributed by atoms with Gasteiger partial charge in [-0.25, -0.2) is 9.78 Å². The van der Waals surface area contributed by atoms with E-state index >= 15 is 0 Å². The number of rotatable bonds is 3. The van der Waals surface area contributed by atoms with Crippen molar-refractivity contribution in [1.29, 1.82) is 0 Å². The van der Waals surface area contributed by atoms with Crippen molar-refractivity contribution in [1.82, 2.24) is 4.98 Å². The summed E-state index contributed by atoms with van der Waals surface area (Å²) in [6.07, 6.45) is 2.37. The molecule has 2 rings (SSSR count). The standard InChI is InChI=1S/C14H11NO3/c1-18-14(17)13-6-5-12(8-15-13)11-4-2-3-10(7-11)9-16/h2-9H,1H3. The largest absolute Gasteiger partial charge is 0.464 e. The fraction of sp³-hybridized carbons (Fsp3) is 0.0714. The van der Waals surface area contributed by atoms with E-state index in [0.29, 0.717) is 5.56 Å². The topological polar surface area (TPSA) is 56.3 Å². The SMILES string of the molecule is COC(=O)c1ccc(-c2cccc(C=O)c2)cn1. The number of aromatic nitrogens is 1. The van der Waals surface area contributed by atoms with Crippen LogP contribution in [0.3, 0.4) is 0 Å². The number of benzene rings is 1. The molecular weight excluding hydrogens is 230 g/mol. The van der Waals surface area contributed by atoms with Gasteiger partial charge in [0, 0.05) is 17.3 Å². The molecule has 1 heterocycles. The summed E-state index contributed by atoms with van der Waals surface area (Å²) in [5, 5.41) is 0. The number of carbonyl (C=O) groups is 2. The summed E-state index contributed by atoms with van der Waals surface area (Å²) >= 11 is 0. The second kappa shape index (κ2) is 5.23. The maximum atomic E-state index is 11.2. The summed E-state index contributed by atoms with van der Waals surface area (Å²) in [6.45, 7) is 0. The molecule has 0 spiro atoms. The molecule has 4 heteroatoms. The van der Waals surface area contributed by atoms with Crippen LogP contribution in [0.25, 0.3) is 11.1 Å². The number of carbonyl (C=O) groups excluding carboxylic acids is 2. The highest BCUT2D eigenvalue weighted by atomic mass is 16.5. The van der Waals surface area contributed by atoms with Gasteiger partial charge < -0.3 is 4.74 Å². The minimum absolute atomic E-state index is 0.257. The summed E-state index contributed by atoms with van der Waals surface area (Å²) in [4.78, 5) is 25.9. The first-order chi connectivity index (χ1) is 8.74. The van der Waals surface area contributed by atoms with Gasteiger partial charge in [-0.1, -0.05) is 24.3 Å². The normalized spacial score (nSPS) is 9.83. The molecule has 90 valence electrons. The number of nitrogens with zero attached hydrogens (tertiary/aromatic N) is 1. The summed E-state index contributed by atoms with van der Waals surface area (Å²) in [5.41, 5.74) is 2.58. The molecule has 0 aliphatic heterocycles. The molecule has 0 amide bonds. The van der Waals surface area contributed by atoms with Crippen LogP contribution in [0.2, 0.25) is 0 Å². The highest BCUT2D eigenvalue weighted by Crippen LogP contribution is 2.19. The van der Waals surface area contributed by atoms with E-state index in [1.54, 1.807) is 36.5 Å². The van der Waals surface area contributed by atoms with Crippen LogP contribution >= 0.6 is 0 Å². The first-order valence-electron chi connectivity index (χ1n) is 5.34. The van der Waals surface area contributed by atoms with Crippen LogP contribution in [0.1, 0.15) is 20.8 Å². The van der Waals surface area contributed by atoms with Gasteiger partial charge in [-0.05, 0) is 17.7 Å². The van der Waals surface area contributed by atoms with Crippen molar-refractivity contribution in [2.45, 2.75) is 0 Å². The third kappa shape index (κ3) is 2.43. The highest BCUT2D eigenvalue weighted by molar-refractivity contribution is 5.87. The number of methoxy groups -OCH3 is 1. The van der Waals surface area contributed by atoms with Crippen molar-refractivity contribution < 1.29 is 14.3 Å². The van der Waals surface area contributed by atoms with Crippen molar-refractivity contribution >= 4 is 12.3 Å². The summed E-state index contributed by atoms with van der Waals surface area (Å²) in [6, 6.07) is 10.5. The molecule has 0 unspecified atom stereocenters. The monoisotopic (exact) mass is 241 g/mol. The van der Waals surface area contributed by atoms with Crippen LogP contribution < -0.4 is 0 Å². The quantitative estimate of drug-likeness (QED) is 0.611. The van der Waals surface area contributed by atoms with Crippen LogP contribution in [-0.2, 0) is 4.74 Å². The molecule has 2 aromatic rings. The average Bonchev–Trinajstić information content (AvgIpc) is 2.46. The Morgan fingerprint density at radius 1 is 1.22 bits per heavy atom. The van der Waals surface area contributed by atoms with Gasteiger partial charge >= 0.3 is 5.97 Å². The smallest absolute Gasteiger partial charge is 0.356 e. The predicted molar refractivity (Wildman–Crippen MR) is 66.4 cm³/mol. The van der Waals surface area contributed by atoms with Crippen LogP contribution in [0.15, 0.2) is 42.6 Å². The van der Waals surface area contributed by atoms with Crippen LogP contribution in [0, 0.1) is 0 Å². The van der Waals surface area contributed by atoms with Crippen molar-refractivity contribution in [3.63, 3.8) is 0 Å². The fourth-order valence-electron chi connectivity index (χ4n) is 1.58. The summed E-state index contributed by atoms with van der Waals surface area (Å²) in [7, 11) is 1.31. The van der Waals surface area contributed by atoms with Gasteiger partial charge in [0.15, 0.2) is 0 Å². The second-order valence-electron chi connectivity index (χ2n) is 3.67. The van der Waals surface area contributed by atoms with Gasteiger partial charge in [0.2, 0.25) is 0 Å². The first kappa shape index (κ1) is 12.0. The van der Waals surface area contributed by atoms with Crippen molar-refractivity contribution in [2.75, 3.05) is 7.11 Å². The number of hydrogen-bond acceptors (Lipinski definition) is 4. The zero-order valence-corrected chi connectivity index (χ0v) is 9.79. The molecule has 0 aliphatic carbocycles. The van der Waals surface area contributed by atoms with Crippen molar-refractivity contribution in [3.05, 3.63) is 53.9 Å². The minimum Gasteiger partial charge on any atom is -0.464 e. The van der Waals surface area contributed by atoms with Crippen molar-refractivity contribution in [3.8, 4) is 11.1 Å². The molecule has 0 radical (unpaired) electrons. The van der Waals surface area contributed by atoms with Crippen LogP contribution in [0.5, 0.6) is 0 Å². The van der Waals surface area contributed by atoms with E-state index in [4.69, 9.17) is 0 Å². The molecule has 0 saturated carbocycles. The Morgan fingerprint density at radius 2 is 2.06 bits per heavy atom. The lowest BCUT2D eigenvalue weighted by Gasteiger charge is -2.03. The van der Waals surface area contributed by atoms with Gasteiger partial charge in [0.05, 0.1) is 7.11 Å². The van der Waals surface area contributed by atoms with E-state index in [2.05, 4.69) is 9.72 Å². The zero-order valence-electron chi connectivity index (χ0n) is 9.79. The third-order valence-electron chi connectivity index (χ3n) is 2.51. The van der Waals surface area contributed by atoms with Gasteiger partial charge in [-0.3, -0.25) is 4.79 Å². The van der Waals surface area contributed by atoms with E-state index in [1.165, 1.54) is 7.11 Å². The summed E-state index contributed by atoms with van der Waals surface area (Å²) in [5.74, 6) is -0.469. The molecule has 4 nitrogen and oxygen atoms in total. The summed E-state index contributed by atoms with van der Waals surface area (Å²) < 4.78 is 4.57. The average molecular weight is 241 g/mol. The zero-order chi connectivity index (χ0) is 13.0. The van der Waals surface area contributed by atoms with Crippen LogP contribution in [0.4, 0.5) is 0 Å². The van der Waals surface area contributed by atoms with Crippen LogP contribution in [-0.4, -0.2) is 24.3 Å². The maximum absolute atomic E-state index is 11.2.